The van der Waals surface area contributed by atoms with Crippen molar-refractivity contribution >= 4 is 17.3 Å². The Bertz CT molecular complexity index is 696. The van der Waals surface area contributed by atoms with Crippen molar-refractivity contribution in [2.24, 2.45) is 0 Å². The summed E-state index contributed by atoms with van der Waals surface area (Å²) < 4.78 is 0. The minimum absolute atomic E-state index is 0.135. The SMILES string of the molecule is CCc1ccccc1NCC(=O)N1c2ccccc2CCC1C. The van der Waals surface area contributed by atoms with Crippen LogP contribution < -0.4 is 10.2 Å². The molecule has 0 bridgehead atoms. The van der Waals surface area contributed by atoms with E-state index in [0.717, 1.165) is 30.6 Å². The van der Waals surface area contributed by atoms with Gasteiger partial charge in [0.05, 0.1) is 6.54 Å². The second-order valence-corrected chi connectivity index (χ2v) is 6.14. The topological polar surface area (TPSA) is 32.3 Å². The molecule has 0 saturated carbocycles. The minimum Gasteiger partial charge on any atom is -0.376 e. The fourth-order valence-corrected chi connectivity index (χ4v) is 3.33. The maximum absolute atomic E-state index is 12.8. The molecule has 23 heavy (non-hydrogen) atoms. The first kappa shape index (κ1) is 15.6. The molecule has 3 heteroatoms. The van der Waals surface area contributed by atoms with E-state index in [1.807, 2.05) is 35.2 Å². The molecule has 3 nitrogen and oxygen atoms in total. The van der Waals surface area contributed by atoms with Gasteiger partial charge in [-0.3, -0.25) is 4.79 Å². The van der Waals surface area contributed by atoms with Gasteiger partial charge in [-0.1, -0.05) is 43.3 Å². The number of carbonyl (C=O) groups excluding carboxylic acids is 1. The van der Waals surface area contributed by atoms with Crippen molar-refractivity contribution in [3.63, 3.8) is 0 Å². The molecule has 0 aliphatic carbocycles. The summed E-state index contributed by atoms with van der Waals surface area (Å²) in [6.07, 6.45) is 3.03. The van der Waals surface area contributed by atoms with Gasteiger partial charge < -0.3 is 10.2 Å². The van der Waals surface area contributed by atoms with Crippen LogP contribution >= 0.6 is 0 Å². The first-order valence-electron chi connectivity index (χ1n) is 8.42. The molecule has 3 rings (SSSR count). The Morgan fingerprint density at radius 1 is 1.17 bits per heavy atom. The number of aryl methyl sites for hydroxylation is 2. The van der Waals surface area contributed by atoms with Gasteiger partial charge >= 0.3 is 0 Å². The summed E-state index contributed by atoms with van der Waals surface area (Å²) in [6, 6.07) is 16.7. The average molecular weight is 308 g/mol. The van der Waals surface area contributed by atoms with Crippen LogP contribution in [-0.4, -0.2) is 18.5 Å². The molecule has 2 aromatic carbocycles. The van der Waals surface area contributed by atoms with Gasteiger partial charge in [0.25, 0.3) is 0 Å². The van der Waals surface area contributed by atoms with E-state index in [-0.39, 0.29) is 11.9 Å². The predicted octanol–water partition coefficient (Wildman–Crippen LogP) is 4.03. The van der Waals surface area contributed by atoms with E-state index < -0.39 is 0 Å². The lowest BCUT2D eigenvalue weighted by molar-refractivity contribution is -0.117. The number of hydrogen-bond acceptors (Lipinski definition) is 2. The lowest BCUT2D eigenvalue weighted by Crippen LogP contribution is -2.44. The van der Waals surface area contributed by atoms with E-state index in [9.17, 15) is 4.79 Å². The number of benzene rings is 2. The third-order valence-corrected chi connectivity index (χ3v) is 4.62. The zero-order valence-electron chi connectivity index (χ0n) is 13.9. The monoisotopic (exact) mass is 308 g/mol. The molecular formula is C20H24N2O. The fourth-order valence-electron chi connectivity index (χ4n) is 3.33. The van der Waals surface area contributed by atoms with Gasteiger partial charge in [-0.25, -0.2) is 0 Å². The van der Waals surface area contributed by atoms with Crippen molar-refractivity contribution in [1.29, 1.82) is 0 Å². The lowest BCUT2D eigenvalue weighted by atomic mass is 9.96. The molecule has 2 aromatic rings. The van der Waals surface area contributed by atoms with Crippen molar-refractivity contribution in [1.82, 2.24) is 0 Å². The van der Waals surface area contributed by atoms with Gasteiger partial charge in [0.2, 0.25) is 5.91 Å². The van der Waals surface area contributed by atoms with Crippen LogP contribution in [0.1, 0.15) is 31.4 Å². The van der Waals surface area contributed by atoms with Crippen LogP contribution in [0.4, 0.5) is 11.4 Å². The van der Waals surface area contributed by atoms with E-state index in [1.165, 1.54) is 11.1 Å². The van der Waals surface area contributed by atoms with Gasteiger partial charge in [0, 0.05) is 17.4 Å². The van der Waals surface area contributed by atoms with Crippen molar-refractivity contribution in [2.75, 3.05) is 16.8 Å². The van der Waals surface area contributed by atoms with E-state index >= 15 is 0 Å². The molecule has 1 atom stereocenters. The molecule has 1 aliphatic rings. The number of nitrogens with one attached hydrogen (secondary N) is 1. The van der Waals surface area contributed by atoms with Gasteiger partial charge in [-0.2, -0.15) is 0 Å². The second-order valence-electron chi connectivity index (χ2n) is 6.14. The molecule has 1 aliphatic heterocycles. The third-order valence-electron chi connectivity index (χ3n) is 4.62. The van der Waals surface area contributed by atoms with Gasteiger partial charge in [-0.15, -0.1) is 0 Å². The molecule has 0 fully saturated rings. The van der Waals surface area contributed by atoms with Crippen molar-refractivity contribution in [3.05, 3.63) is 59.7 Å². The van der Waals surface area contributed by atoms with Crippen LogP contribution in [0.15, 0.2) is 48.5 Å². The summed E-state index contributed by atoms with van der Waals surface area (Å²) in [4.78, 5) is 14.8. The van der Waals surface area contributed by atoms with E-state index in [4.69, 9.17) is 0 Å². The number of carbonyl (C=O) groups is 1. The average Bonchev–Trinajstić information content (AvgIpc) is 2.59. The molecular weight excluding hydrogens is 284 g/mol. The number of fused-ring (bicyclic) bond motifs is 1. The Balaban J connectivity index is 1.76. The molecule has 0 aromatic heterocycles. The highest BCUT2D eigenvalue weighted by Gasteiger charge is 2.27. The Morgan fingerprint density at radius 2 is 1.91 bits per heavy atom. The maximum Gasteiger partial charge on any atom is 0.246 e. The van der Waals surface area contributed by atoms with Gasteiger partial charge in [0.1, 0.15) is 0 Å². The molecule has 0 saturated heterocycles. The van der Waals surface area contributed by atoms with Crippen molar-refractivity contribution < 1.29 is 4.79 Å². The number of rotatable bonds is 4. The second kappa shape index (κ2) is 6.86. The summed E-state index contributed by atoms with van der Waals surface area (Å²) in [6.45, 7) is 4.59. The Hall–Kier alpha value is -2.29. The summed E-state index contributed by atoms with van der Waals surface area (Å²) in [7, 11) is 0. The molecule has 1 N–H and O–H groups in total. The number of hydrogen-bond donors (Lipinski definition) is 1. The quantitative estimate of drug-likeness (QED) is 0.925. The first-order chi connectivity index (χ1) is 11.2. The van der Waals surface area contributed by atoms with Crippen LogP contribution in [0.3, 0.4) is 0 Å². The lowest BCUT2D eigenvalue weighted by Gasteiger charge is -2.35. The minimum atomic E-state index is 0.135. The van der Waals surface area contributed by atoms with E-state index in [2.05, 4.69) is 37.4 Å². The molecule has 0 radical (unpaired) electrons. The Morgan fingerprint density at radius 3 is 2.74 bits per heavy atom. The molecule has 120 valence electrons. The number of amides is 1. The van der Waals surface area contributed by atoms with Crippen molar-refractivity contribution in [3.8, 4) is 0 Å². The van der Waals surface area contributed by atoms with E-state index in [0.29, 0.717) is 6.54 Å². The van der Waals surface area contributed by atoms with Crippen LogP contribution in [0.2, 0.25) is 0 Å². The number of para-hydroxylation sites is 2. The van der Waals surface area contributed by atoms with Crippen LogP contribution in [0.5, 0.6) is 0 Å². The highest BCUT2D eigenvalue weighted by Crippen LogP contribution is 2.30. The zero-order valence-corrected chi connectivity index (χ0v) is 13.9. The summed E-state index contributed by atoms with van der Waals surface area (Å²) >= 11 is 0. The first-order valence-corrected chi connectivity index (χ1v) is 8.42. The summed E-state index contributed by atoms with van der Waals surface area (Å²) in [5, 5.41) is 3.32. The Kier molecular flexibility index (Phi) is 4.65. The summed E-state index contributed by atoms with van der Waals surface area (Å²) in [5.41, 5.74) is 4.64. The Labute approximate surface area is 138 Å². The van der Waals surface area contributed by atoms with Crippen LogP contribution in [0.25, 0.3) is 0 Å². The van der Waals surface area contributed by atoms with Crippen LogP contribution in [-0.2, 0) is 17.6 Å². The third kappa shape index (κ3) is 3.24. The molecule has 1 amide bonds. The number of nitrogens with zero attached hydrogens (tertiary/aromatic N) is 1. The van der Waals surface area contributed by atoms with Gasteiger partial charge in [0.15, 0.2) is 0 Å². The predicted molar refractivity (Wildman–Crippen MR) is 96.0 cm³/mol. The largest absolute Gasteiger partial charge is 0.376 e. The van der Waals surface area contributed by atoms with E-state index in [1.54, 1.807) is 0 Å². The van der Waals surface area contributed by atoms with Crippen LogP contribution in [0, 0.1) is 0 Å². The molecule has 1 unspecified atom stereocenters. The molecule has 1 heterocycles. The molecule has 0 spiro atoms. The zero-order chi connectivity index (χ0) is 16.2. The van der Waals surface area contributed by atoms with Gasteiger partial charge in [-0.05, 0) is 49.4 Å². The normalized spacial score (nSPS) is 16.8. The fraction of sp³-hybridized carbons (Fsp3) is 0.350. The summed E-state index contributed by atoms with van der Waals surface area (Å²) in [5.74, 6) is 0.135. The smallest absolute Gasteiger partial charge is 0.246 e. The van der Waals surface area contributed by atoms with Crippen molar-refractivity contribution in [2.45, 2.75) is 39.2 Å². The highest BCUT2D eigenvalue weighted by atomic mass is 16.2. The standard InChI is InChI=1S/C20H24N2O/c1-3-16-8-4-6-10-18(16)21-14-20(23)22-15(2)12-13-17-9-5-7-11-19(17)22/h4-11,15,21H,3,12-14H2,1-2H3. The highest BCUT2D eigenvalue weighted by molar-refractivity contribution is 5.97. The maximum atomic E-state index is 12.8. The number of anilines is 2.